The SMILES string of the molecule is Cc1cc(C)cc(N2C(N)=C(C#N)C3(C(=O)N(C)c4ccccc43)C3=C2CC(C)(C)CC3=O)c1. The summed E-state index contributed by atoms with van der Waals surface area (Å²) in [4.78, 5) is 31.4. The number of amides is 1. The van der Waals surface area contributed by atoms with E-state index in [0.717, 1.165) is 16.8 Å². The maximum atomic E-state index is 14.0. The molecule has 1 unspecified atom stereocenters. The van der Waals surface area contributed by atoms with Crippen LogP contribution in [0.4, 0.5) is 11.4 Å². The molecule has 6 heteroatoms. The first-order valence-corrected chi connectivity index (χ1v) is 11.5. The number of likely N-dealkylation sites (N-methyl/N-ethyl adjacent to an activating group) is 1. The number of allylic oxidation sites excluding steroid dienone is 1. The fourth-order valence-corrected chi connectivity index (χ4v) is 6.04. The van der Waals surface area contributed by atoms with Gasteiger partial charge in [-0.15, -0.1) is 0 Å². The largest absolute Gasteiger partial charge is 0.384 e. The van der Waals surface area contributed by atoms with Crippen LogP contribution in [0.5, 0.6) is 0 Å². The quantitative estimate of drug-likeness (QED) is 0.694. The molecule has 5 rings (SSSR count). The molecule has 0 fully saturated rings. The van der Waals surface area contributed by atoms with Gasteiger partial charge in [-0.05, 0) is 55.0 Å². The van der Waals surface area contributed by atoms with Crippen LogP contribution in [0.2, 0.25) is 0 Å². The first-order valence-electron chi connectivity index (χ1n) is 11.5. The van der Waals surface area contributed by atoms with Crippen molar-refractivity contribution in [2.75, 3.05) is 16.8 Å². The smallest absolute Gasteiger partial charge is 0.247 e. The van der Waals surface area contributed by atoms with Gasteiger partial charge in [-0.2, -0.15) is 5.26 Å². The number of benzene rings is 2. The standard InChI is InChI=1S/C28H28N4O2/c1-16-10-17(2)12-18(11-16)32-22-13-27(3,4)14-23(33)24(22)28(20(15-29)25(32)30)19-8-6-7-9-21(19)31(5)26(28)34/h6-12H,13-14,30H2,1-5H3. The number of hydrogen-bond acceptors (Lipinski definition) is 5. The maximum absolute atomic E-state index is 14.0. The summed E-state index contributed by atoms with van der Waals surface area (Å²) in [5.41, 5.74) is 10.4. The van der Waals surface area contributed by atoms with Crippen LogP contribution in [0.25, 0.3) is 0 Å². The number of aryl methyl sites for hydroxylation is 2. The number of nitrogens with zero attached hydrogens (tertiary/aromatic N) is 3. The van der Waals surface area contributed by atoms with Crippen LogP contribution < -0.4 is 15.5 Å². The van der Waals surface area contributed by atoms with Crippen molar-refractivity contribution in [2.45, 2.75) is 46.0 Å². The van der Waals surface area contributed by atoms with Crippen molar-refractivity contribution in [3.63, 3.8) is 0 Å². The van der Waals surface area contributed by atoms with Gasteiger partial charge in [0.15, 0.2) is 5.78 Å². The number of anilines is 2. The number of nitriles is 1. The average Bonchev–Trinajstić information content (AvgIpc) is 2.95. The second-order valence-corrected chi connectivity index (χ2v) is 10.4. The van der Waals surface area contributed by atoms with E-state index in [-0.39, 0.29) is 28.5 Å². The van der Waals surface area contributed by atoms with Crippen molar-refractivity contribution in [3.8, 4) is 6.07 Å². The van der Waals surface area contributed by atoms with Crippen molar-refractivity contribution in [1.82, 2.24) is 0 Å². The Balaban J connectivity index is 1.93. The summed E-state index contributed by atoms with van der Waals surface area (Å²) in [6, 6.07) is 15.7. The number of ketones is 1. The van der Waals surface area contributed by atoms with Crippen LogP contribution in [0.15, 0.2) is 65.1 Å². The minimum absolute atomic E-state index is 0.111. The molecule has 1 amide bonds. The second kappa shape index (κ2) is 7.07. The van der Waals surface area contributed by atoms with E-state index in [2.05, 4.69) is 26.0 Å². The van der Waals surface area contributed by atoms with Gasteiger partial charge in [0.05, 0.1) is 5.57 Å². The Morgan fingerprint density at radius 2 is 1.68 bits per heavy atom. The van der Waals surface area contributed by atoms with Gasteiger partial charge >= 0.3 is 0 Å². The molecule has 172 valence electrons. The van der Waals surface area contributed by atoms with E-state index in [1.165, 1.54) is 0 Å². The zero-order valence-corrected chi connectivity index (χ0v) is 20.2. The molecule has 1 spiro atoms. The van der Waals surface area contributed by atoms with E-state index in [4.69, 9.17) is 5.73 Å². The number of Topliss-reactive ketones (excluding diaryl/α,β-unsaturated/α-hetero) is 1. The maximum Gasteiger partial charge on any atom is 0.247 e. The van der Waals surface area contributed by atoms with Crippen molar-refractivity contribution >= 4 is 23.1 Å². The summed E-state index contributed by atoms with van der Waals surface area (Å²) in [5.74, 6) is -0.219. The first-order chi connectivity index (χ1) is 16.0. The average molecular weight is 453 g/mol. The number of hydrogen-bond donors (Lipinski definition) is 1. The molecule has 0 saturated heterocycles. The first kappa shape index (κ1) is 22.0. The van der Waals surface area contributed by atoms with Crippen molar-refractivity contribution in [1.29, 1.82) is 5.26 Å². The molecule has 3 aliphatic rings. The molecule has 2 aromatic carbocycles. The third-order valence-electron chi connectivity index (χ3n) is 7.24. The lowest BCUT2D eigenvalue weighted by Crippen LogP contribution is -2.53. The molecule has 0 aromatic heterocycles. The minimum atomic E-state index is -1.53. The molecular formula is C28H28N4O2. The number of nitrogens with two attached hydrogens (primary N) is 1. The number of fused-ring (bicyclic) bond motifs is 3. The van der Waals surface area contributed by atoms with E-state index < -0.39 is 5.41 Å². The number of carbonyl (C=O) groups excluding carboxylic acids is 2. The highest BCUT2D eigenvalue weighted by Gasteiger charge is 2.62. The Morgan fingerprint density at radius 3 is 2.32 bits per heavy atom. The lowest BCUT2D eigenvalue weighted by atomic mass is 9.60. The molecular weight excluding hydrogens is 424 g/mol. The van der Waals surface area contributed by atoms with Gasteiger partial charge in [0.1, 0.15) is 17.3 Å². The number of rotatable bonds is 1. The highest BCUT2D eigenvalue weighted by Crippen LogP contribution is 2.58. The highest BCUT2D eigenvalue weighted by atomic mass is 16.2. The van der Waals surface area contributed by atoms with E-state index in [9.17, 15) is 14.9 Å². The Labute approximate surface area is 200 Å². The molecule has 1 atom stereocenters. The predicted molar refractivity (Wildman–Crippen MR) is 132 cm³/mol. The molecule has 1 aliphatic carbocycles. The fraction of sp³-hybridized carbons (Fsp3) is 0.321. The molecule has 2 N–H and O–H groups in total. The Kier molecular flexibility index (Phi) is 4.57. The Hall–Kier alpha value is -3.85. The van der Waals surface area contributed by atoms with Gasteiger partial charge in [0.25, 0.3) is 0 Å². The van der Waals surface area contributed by atoms with Crippen LogP contribution in [0.3, 0.4) is 0 Å². The van der Waals surface area contributed by atoms with Gasteiger partial charge < -0.3 is 10.6 Å². The summed E-state index contributed by atoms with van der Waals surface area (Å²) in [6.45, 7) is 8.11. The predicted octanol–water partition coefficient (Wildman–Crippen LogP) is 4.37. The van der Waals surface area contributed by atoms with E-state index in [1.807, 2.05) is 55.1 Å². The normalized spacial score (nSPS) is 23.4. The lowest BCUT2D eigenvalue weighted by molar-refractivity contribution is -0.124. The molecule has 34 heavy (non-hydrogen) atoms. The summed E-state index contributed by atoms with van der Waals surface area (Å²) in [5, 5.41) is 10.5. The zero-order chi connectivity index (χ0) is 24.6. The van der Waals surface area contributed by atoms with Gasteiger partial charge in [0.2, 0.25) is 5.91 Å². The van der Waals surface area contributed by atoms with Crippen molar-refractivity contribution < 1.29 is 9.59 Å². The minimum Gasteiger partial charge on any atom is -0.384 e. The number of para-hydroxylation sites is 1. The van der Waals surface area contributed by atoms with Crippen LogP contribution >= 0.6 is 0 Å². The molecule has 0 radical (unpaired) electrons. The van der Waals surface area contributed by atoms with Crippen LogP contribution in [-0.4, -0.2) is 18.7 Å². The molecule has 0 bridgehead atoms. The molecule has 2 heterocycles. The molecule has 0 saturated carbocycles. The van der Waals surface area contributed by atoms with Crippen LogP contribution in [-0.2, 0) is 15.0 Å². The summed E-state index contributed by atoms with van der Waals surface area (Å²) >= 11 is 0. The van der Waals surface area contributed by atoms with Gasteiger partial charge in [-0.1, -0.05) is 38.1 Å². The topological polar surface area (TPSA) is 90.4 Å². The third kappa shape index (κ3) is 2.73. The summed E-state index contributed by atoms with van der Waals surface area (Å²) < 4.78 is 0. The molecule has 2 aliphatic heterocycles. The van der Waals surface area contributed by atoms with Crippen molar-refractivity contribution in [3.05, 3.63) is 81.8 Å². The van der Waals surface area contributed by atoms with Gasteiger partial charge in [-0.3, -0.25) is 14.5 Å². The van der Waals surface area contributed by atoms with Gasteiger partial charge in [-0.25, -0.2) is 0 Å². The van der Waals surface area contributed by atoms with Gasteiger partial charge in [0, 0.05) is 41.7 Å². The monoisotopic (exact) mass is 452 g/mol. The van der Waals surface area contributed by atoms with Crippen LogP contribution in [0, 0.1) is 30.6 Å². The Bertz CT molecular complexity index is 1370. The fourth-order valence-electron chi connectivity index (χ4n) is 6.04. The summed E-state index contributed by atoms with van der Waals surface area (Å²) in [7, 11) is 1.69. The lowest BCUT2D eigenvalue weighted by Gasteiger charge is -2.47. The molecule has 6 nitrogen and oxygen atoms in total. The van der Waals surface area contributed by atoms with E-state index >= 15 is 0 Å². The van der Waals surface area contributed by atoms with E-state index in [0.29, 0.717) is 35.4 Å². The van der Waals surface area contributed by atoms with Crippen LogP contribution in [0.1, 0.15) is 43.4 Å². The van der Waals surface area contributed by atoms with Crippen molar-refractivity contribution in [2.24, 2.45) is 11.1 Å². The third-order valence-corrected chi connectivity index (χ3v) is 7.24. The zero-order valence-electron chi connectivity index (χ0n) is 20.2. The second-order valence-electron chi connectivity index (χ2n) is 10.4. The summed E-state index contributed by atoms with van der Waals surface area (Å²) in [6.07, 6.45) is 0.855. The van der Waals surface area contributed by atoms with E-state index in [1.54, 1.807) is 11.9 Å². The molecule has 2 aromatic rings. The number of carbonyl (C=O) groups is 2. The Morgan fingerprint density at radius 1 is 1.03 bits per heavy atom. The highest BCUT2D eigenvalue weighted by molar-refractivity contribution is 6.20.